The number of piperidine rings is 1. The summed E-state index contributed by atoms with van der Waals surface area (Å²) in [6.45, 7) is 9.78. The van der Waals surface area contributed by atoms with Crippen LogP contribution < -0.4 is 9.64 Å². The van der Waals surface area contributed by atoms with Crippen molar-refractivity contribution < 1.29 is 14.6 Å². The number of halogens is 2. The number of carboxylic acid groups (broad SMARTS) is 1. The van der Waals surface area contributed by atoms with Crippen molar-refractivity contribution >= 4 is 35.0 Å². The number of benzene rings is 1. The third kappa shape index (κ3) is 8.10. The van der Waals surface area contributed by atoms with Gasteiger partial charge in [-0.3, -0.25) is 9.69 Å². The molecule has 0 radical (unpaired) electrons. The molecule has 0 bridgehead atoms. The Hall–Kier alpha value is -2.98. The number of hydrogen-bond acceptors (Lipinski definition) is 8. The van der Waals surface area contributed by atoms with Gasteiger partial charge < -0.3 is 19.6 Å². The molecule has 1 aromatic carbocycles. The fourth-order valence-electron chi connectivity index (χ4n) is 6.07. The molecule has 2 aliphatic heterocycles. The highest BCUT2D eigenvalue weighted by atomic mass is 35.5. The maximum Gasteiger partial charge on any atom is 0.303 e. The zero-order chi connectivity index (χ0) is 29.8. The zero-order valence-electron chi connectivity index (χ0n) is 24.3. The van der Waals surface area contributed by atoms with E-state index in [1.54, 1.807) is 18.5 Å². The van der Waals surface area contributed by atoms with E-state index < -0.39 is 5.97 Å². The van der Waals surface area contributed by atoms with Crippen molar-refractivity contribution in [1.82, 2.24) is 24.8 Å². The Morgan fingerprint density at radius 1 is 0.976 bits per heavy atom. The molecule has 2 atom stereocenters. The second-order valence-corrected chi connectivity index (χ2v) is 12.7. The molecule has 3 aromatic rings. The van der Waals surface area contributed by atoms with Crippen LogP contribution in [0, 0.1) is 11.8 Å². The summed E-state index contributed by atoms with van der Waals surface area (Å²) in [4.78, 5) is 32.2. The predicted octanol–water partition coefficient (Wildman–Crippen LogP) is 6.10. The molecule has 2 aromatic heterocycles. The lowest BCUT2D eigenvalue weighted by atomic mass is 9.93. The molecule has 1 N–H and O–H groups in total. The number of nitrogens with zero attached hydrogens (tertiary/aromatic N) is 6. The van der Waals surface area contributed by atoms with Gasteiger partial charge in [-0.1, -0.05) is 30.1 Å². The van der Waals surface area contributed by atoms with Crippen LogP contribution in [-0.4, -0.2) is 81.6 Å². The smallest absolute Gasteiger partial charge is 0.303 e. The summed E-state index contributed by atoms with van der Waals surface area (Å²) in [5.41, 5.74) is 2.49. The molecule has 0 spiro atoms. The van der Waals surface area contributed by atoms with Crippen molar-refractivity contribution in [3.8, 4) is 23.0 Å². The van der Waals surface area contributed by atoms with Crippen LogP contribution in [0.3, 0.4) is 0 Å². The topological polar surface area (TPSA) is 94.9 Å². The molecule has 2 saturated heterocycles. The molecular formula is C31H38Cl2N6O3. The van der Waals surface area contributed by atoms with Crippen LogP contribution >= 0.6 is 23.2 Å². The highest BCUT2D eigenvalue weighted by Gasteiger charge is 2.25. The highest BCUT2D eigenvalue weighted by Crippen LogP contribution is 2.31. The number of ether oxygens (including phenoxy) is 1. The van der Waals surface area contributed by atoms with Gasteiger partial charge in [-0.2, -0.15) is 0 Å². The molecule has 2 aliphatic rings. The molecule has 0 unspecified atom stereocenters. The Bertz CT molecular complexity index is 1360. The lowest BCUT2D eigenvalue weighted by Gasteiger charge is -2.31. The van der Waals surface area contributed by atoms with Crippen LogP contribution in [0.4, 0.5) is 5.82 Å². The van der Waals surface area contributed by atoms with E-state index in [0.29, 0.717) is 46.0 Å². The summed E-state index contributed by atoms with van der Waals surface area (Å²) >= 11 is 12.6. The number of hydrogen-bond donors (Lipinski definition) is 1. The van der Waals surface area contributed by atoms with Gasteiger partial charge in [0.05, 0.1) is 18.1 Å². The number of likely N-dealkylation sites (N-methyl/N-ethyl adjacent to an activating group) is 1. The number of pyridine rings is 1. The van der Waals surface area contributed by atoms with Crippen LogP contribution in [0.2, 0.25) is 10.0 Å². The molecule has 9 nitrogen and oxygen atoms in total. The fraction of sp³-hybridized carbons (Fsp3) is 0.484. The zero-order valence-corrected chi connectivity index (χ0v) is 25.9. The quantitative estimate of drug-likeness (QED) is 0.323. The molecule has 224 valence electrons. The summed E-state index contributed by atoms with van der Waals surface area (Å²) < 4.78 is 6.16. The first-order chi connectivity index (χ1) is 20.1. The van der Waals surface area contributed by atoms with Crippen LogP contribution in [0.15, 0.2) is 42.7 Å². The molecule has 4 heterocycles. The van der Waals surface area contributed by atoms with Crippen LogP contribution in [0.25, 0.3) is 11.3 Å². The monoisotopic (exact) mass is 612 g/mol. The largest absolute Gasteiger partial charge is 0.481 e. The summed E-state index contributed by atoms with van der Waals surface area (Å²) in [7, 11) is 2.16. The van der Waals surface area contributed by atoms with Crippen LogP contribution in [0.1, 0.15) is 38.7 Å². The minimum atomic E-state index is -0.728. The van der Waals surface area contributed by atoms with E-state index in [2.05, 4.69) is 40.6 Å². The molecule has 2 fully saturated rings. The third-order valence-corrected chi connectivity index (χ3v) is 8.39. The third-order valence-electron chi connectivity index (χ3n) is 7.95. The Kier molecular flexibility index (Phi) is 9.83. The van der Waals surface area contributed by atoms with Crippen molar-refractivity contribution in [2.45, 2.75) is 45.7 Å². The summed E-state index contributed by atoms with van der Waals surface area (Å²) in [5, 5.41) is 10.2. The SMILES string of the molecule is C[C@@H]1CN(C)C[C@H](C)N(c2cnc(Oc3cc(CN4CCC(CC(=O)O)CC4)cc(-c4cc(Cl)cc(Cl)c4)n3)cn2)C1. The number of carbonyl (C=O) groups is 1. The van der Waals surface area contributed by atoms with Crippen molar-refractivity contribution in [2.24, 2.45) is 11.8 Å². The normalized spacial score (nSPS) is 20.8. The van der Waals surface area contributed by atoms with E-state index in [1.807, 2.05) is 24.3 Å². The molecule has 42 heavy (non-hydrogen) atoms. The van der Waals surface area contributed by atoms with Crippen LogP contribution in [-0.2, 0) is 11.3 Å². The Morgan fingerprint density at radius 3 is 2.38 bits per heavy atom. The van der Waals surface area contributed by atoms with E-state index in [1.165, 1.54) is 0 Å². The van der Waals surface area contributed by atoms with Gasteiger partial charge in [0.1, 0.15) is 5.82 Å². The van der Waals surface area contributed by atoms with Gasteiger partial charge in [0, 0.05) is 60.3 Å². The van der Waals surface area contributed by atoms with Crippen molar-refractivity contribution in [3.05, 3.63) is 58.3 Å². The summed E-state index contributed by atoms with van der Waals surface area (Å²) in [6.07, 6.45) is 5.38. The maximum absolute atomic E-state index is 11.1. The number of aromatic nitrogens is 3. The van der Waals surface area contributed by atoms with E-state index in [-0.39, 0.29) is 12.3 Å². The fourth-order valence-corrected chi connectivity index (χ4v) is 6.60. The van der Waals surface area contributed by atoms with Gasteiger partial charge in [0.2, 0.25) is 11.8 Å². The first-order valence-corrected chi connectivity index (χ1v) is 15.2. The number of anilines is 1. The highest BCUT2D eigenvalue weighted by molar-refractivity contribution is 6.35. The van der Waals surface area contributed by atoms with Crippen molar-refractivity contribution in [1.29, 1.82) is 0 Å². The first kappa shape index (κ1) is 30.5. The number of aliphatic carboxylic acids is 1. The second kappa shape index (κ2) is 13.5. The van der Waals surface area contributed by atoms with Gasteiger partial charge in [-0.15, -0.1) is 0 Å². The lowest BCUT2D eigenvalue weighted by molar-refractivity contribution is -0.138. The molecule has 0 saturated carbocycles. The summed E-state index contributed by atoms with van der Waals surface area (Å²) in [6, 6.07) is 9.61. The van der Waals surface area contributed by atoms with Gasteiger partial charge in [-0.25, -0.2) is 15.0 Å². The molecule has 0 amide bonds. The van der Waals surface area contributed by atoms with E-state index in [9.17, 15) is 4.79 Å². The van der Waals surface area contributed by atoms with Crippen LogP contribution in [0.5, 0.6) is 11.8 Å². The Balaban J connectivity index is 1.36. The standard InChI is InChI=1S/C31H38Cl2N6O3/c1-20-16-37(3)18-21(2)39(17-20)28-14-35-30(15-34-28)42-29-9-23(19-38-6-4-22(5-7-38)10-31(40)41)8-27(36-29)24-11-25(32)13-26(33)12-24/h8-9,11-15,20-22H,4-7,10,16-19H2,1-3H3,(H,40,41)/t20-,21+/m1/s1. The van der Waals surface area contributed by atoms with Crippen molar-refractivity contribution in [3.63, 3.8) is 0 Å². The predicted molar refractivity (Wildman–Crippen MR) is 166 cm³/mol. The summed E-state index contributed by atoms with van der Waals surface area (Å²) in [5.74, 6) is 1.61. The average Bonchev–Trinajstić information content (AvgIpc) is 3.05. The minimum Gasteiger partial charge on any atom is -0.481 e. The van der Waals surface area contributed by atoms with E-state index >= 15 is 0 Å². The van der Waals surface area contributed by atoms with Gasteiger partial charge in [0.25, 0.3) is 0 Å². The van der Waals surface area contributed by atoms with Crippen molar-refractivity contribution in [2.75, 3.05) is 44.7 Å². The van der Waals surface area contributed by atoms with Gasteiger partial charge in [0.15, 0.2) is 0 Å². The Labute approximate surface area is 257 Å². The van der Waals surface area contributed by atoms with E-state index in [4.69, 9.17) is 43.0 Å². The number of likely N-dealkylation sites (tertiary alicyclic amines) is 1. The number of carboxylic acids is 1. The minimum absolute atomic E-state index is 0.224. The van der Waals surface area contributed by atoms with Gasteiger partial charge in [-0.05, 0) is 81.6 Å². The lowest BCUT2D eigenvalue weighted by Crippen LogP contribution is -2.38. The maximum atomic E-state index is 11.1. The molecular weight excluding hydrogens is 575 g/mol. The van der Waals surface area contributed by atoms with Gasteiger partial charge >= 0.3 is 5.97 Å². The molecule has 0 aliphatic carbocycles. The average molecular weight is 614 g/mol. The Morgan fingerprint density at radius 2 is 1.71 bits per heavy atom. The second-order valence-electron chi connectivity index (χ2n) is 11.8. The molecule has 5 rings (SSSR count). The number of rotatable bonds is 8. The molecule has 11 heteroatoms. The first-order valence-electron chi connectivity index (χ1n) is 14.5. The van der Waals surface area contributed by atoms with E-state index in [0.717, 1.165) is 62.5 Å².